The second-order valence-corrected chi connectivity index (χ2v) is 4.33. The van der Waals surface area contributed by atoms with Gasteiger partial charge in [0.05, 0.1) is 12.0 Å². The molecule has 1 aromatic heterocycles. The molecule has 1 rings (SSSR count). The SMILES string of the molecule is Cc1c(Cl)nnc(N(C)CC(C)C#N)c1C. The van der Waals surface area contributed by atoms with Crippen LogP contribution in [0.25, 0.3) is 0 Å². The summed E-state index contributed by atoms with van der Waals surface area (Å²) in [5.41, 5.74) is 1.94. The first kappa shape index (κ1) is 12.7. The molecule has 1 aromatic rings. The van der Waals surface area contributed by atoms with E-state index in [2.05, 4.69) is 16.3 Å². The topological polar surface area (TPSA) is 52.8 Å². The maximum atomic E-state index is 8.76. The Morgan fingerprint density at radius 3 is 2.56 bits per heavy atom. The van der Waals surface area contributed by atoms with Crippen LogP contribution in [-0.4, -0.2) is 23.8 Å². The summed E-state index contributed by atoms with van der Waals surface area (Å²) in [5, 5.41) is 17.1. The Morgan fingerprint density at radius 2 is 2.00 bits per heavy atom. The number of hydrogen-bond acceptors (Lipinski definition) is 4. The van der Waals surface area contributed by atoms with Gasteiger partial charge in [0.25, 0.3) is 0 Å². The smallest absolute Gasteiger partial charge is 0.155 e. The molecule has 1 unspecified atom stereocenters. The third kappa shape index (κ3) is 2.61. The van der Waals surface area contributed by atoms with Gasteiger partial charge in [-0.05, 0) is 31.9 Å². The Bertz CT molecular complexity index is 425. The van der Waals surface area contributed by atoms with Crippen molar-refractivity contribution in [3.05, 3.63) is 16.3 Å². The molecule has 0 radical (unpaired) electrons. The fraction of sp³-hybridized carbons (Fsp3) is 0.545. The van der Waals surface area contributed by atoms with Gasteiger partial charge in [-0.2, -0.15) is 5.26 Å². The number of rotatable bonds is 3. The number of halogens is 1. The highest BCUT2D eigenvalue weighted by molar-refractivity contribution is 6.30. The van der Waals surface area contributed by atoms with Gasteiger partial charge < -0.3 is 4.90 Å². The van der Waals surface area contributed by atoms with Gasteiger partial charge in [-0.3, -0.25) is 0 Å². The van der Waals surface area contributed by atoms with Crippen molar-refractivity contribution in [3.8, 4) is 6.07 Å². The van der Waals surface area contributed by atoms with Crippen LogP contribution in [0.2, 0.25) is 5.15 Å². The Morgan fingerprint density at radius 1 is 1.38 bits per heavy atom. The highest BCUT2D eigenvalue weighted by Crippen LogP contribution is 2.23. The van der Waals surface area contributed by atoms with Crippen LogP contribution in [0, 0.1) is 31.1 Å². The molecular weight excluding hydrogens is 224 g/mol. The molecule has 0 saturated heterocycles. The first-order valence-electron chi connectivity index (χ1n) is 5.07. The minimum Gasteiger partial charge on any atom is -0.357 e. The van der Waals surface area contributed by atoms with Gasteiger partial charge in [-0.1, -0.05) is 11.6 Å². The molecule has 0 aliphatic carbocycles. The van der Waals surface area contributed by atoms with Crippen molar-refractivity contribution in [2.24, 2.45) is 5.92 Å². The largest absolute Gasteiger partial charge is 0.357 e. The average molecular weight is 239 g/mol. The highest BCUT2D eigenvalue weighted by atomic mass is 35.5. The number of aromatic nitrogens is 2. The van der Waals surface area contributed by atoms with Gasteiger partial charge >= 0.3 is 0 Å². The lowest BCUT2D eigenvalue weighted by Gasteiger charge is -2.21. The lowest BCUT2D eigenvalue weighted by atomic mass is 10.1. The maximum Gasteiger partial charge on any atom is 0.155 e. The van der Waals surface area contributed by atoms with Crippen molar-refractivity contribution in [2.45, 2.75) is 20.8 Å². The zero-order valence-electron chi connectivity index (χ0n) is 9.95. The molecular formula is C11H15ClN4. The first-order chi connectivity index (χ1) is 7.47. The van der Waals surface area contributed by atoms with Gasteiger partial charge in [0.2, 0.25) is 0 Å². The summed E-state index contributed by atoms with van der Waals surface area (Å²) in [6.45, 7) is 6.38. The Labute approximate surface area is 101 Å². The van der Waals surface area contributed by atoms with E-state index in [1.165, 1.54) is 0 Å². The second kappa shape index (κ2) is 5.13. The van der Waals surface area contributed by atoms with E-state index in [9.17, 15) is 0 Å². The summed E-state index contributed by atoms with van der Waals surface area (Å²) < 4.78 is 0. The zero-order valence-corrected chi connectivity index (χ0v) is 10.7. The van der Waals surface area contributed by atoms with E-state index in [4.69, 9.17) is 16.9 Å². The molecule has 0 aliphatic rings. The molecule has 0 N–H and O–H groups in total. The first-order valence-corrected chi connectivity index (χ1v) is 5.45. The van der Waals surface area contributed by atoms with Gasteiger partial charge in [-0.15, -0.1) is 10.2 Å². The molecule has 5 heteroatoms. The third-order valence-corrected chi connectivity index (χ3v) is 2.93. The summed E-state index contributed by atoms with van der Waals surface area (Å²) in [4.78, 5) is 1.93. The molecule has 1 atom stereocenters. The van der Waals surface area contributed by atoms with Crippen molar-refractivity contribution >= 4 is 17.4 Å². The third-order valence-electron chi connectivity index (χ3n) is 2.57. The van der Waals surface area contributed by atoms with Crippen molar-refractivity contribution < 1.29 is 0 Å². The monoisotopic (exact) mass is 238 g/mol. The van der Waals surface area contributed by atoms with Gasteiger partial charge in [0, 0.05) is 13.6 Å². The molecule has 0 aromatic carbocycles. The fourth-order valence-electron chi connectivity index (χ4n) is 1.46. The van der Waals surface area contributed by atoms with Crippen LogP contribution < -0.4 is 4.90 Å². The van der Waals surface area contributed by atoms with Gasteiger partial charge in [0.1, 0.15) is 0 Å². The lowest BCUT2D eigenvalue weighted by Crippen LogP contribution is -2.25. The van der Waals surface area contributed by atoms with Crippen LogP contribution in [0.5, 0.6) is 0 Å². The number of anilines is 1. The quantitative estimate of drug-likeness (QED) is 0.811. The van der Waals surface area contributed by atoms with E-state index in [1.54, 1.807) is 0 Å². The van der Waals surface area contributed by atoms with Crippen molar-refractivity contribution in [2.75, 3.05) is 18.5 Å². The summed E-state index contributed by atoms with van der Waals surface area (Å²) >= 11 is 5.88. The van der Waals surface area contributed by atoms with E-state index in [1.807, 2.05) is 32.7 Å². The molecule has 86 valence electrons. The van der Waals surface area contributed by atoms with Crippen LogP contribution in [0.15, 0.2) is 0 Å². The summed E-state index contributed by atoms with van der Waals surface area (Å²) in [7, 11) is 1.90. The van der Waals surface area contributed by atoms with E-state index in [0.717, 1.165) is 16.9 Å². The zero-order chi connectivity index (χ0) is 12.3. The fourth-order valence-corrected chi connectivity index (χ4v) is 1.64. The predicted octanol–water partition coefficient (Wildman–Crippen LogP) is 2.34. The standard InChI is InChI=1S/C11H15ClN4/c1-7(5-13)6-16(4)11-9(3)8(2)10(12)14-15-11/h7H,6H2,1-4H3. The van der Waals surface area contributed by atoms with Crippen LogP contribution in [-0.2, 0) is 0 Å². The van der Waals surface area contributed by atoms with E-state index in [0.29, 0.717) is 11.7 Å². The predicted molar refractivity (Wildman–Crippen MR) is 64.6 cm³/mol. The van der Waals surface area contributed by atoms with Crippen LogP contribution in [0.3, 0.4) is 0 Å². The van der Waals surface area contributed by atoms with Crippen molar-refractivity contribution in [3.63, 3.8) is 0 Å². The number of nitrogens with zero attached hydrogens (tertiary/aromatic N) is 4. The number of hydrogen-bond donors (Lipinski definition) is 0. The van der Waals surface area contributed by atoms with Gasteiger partial charge in [-0.25, -0.2) is 0 Å². The van der Waals surface area contributed by atoms with Gasteiger partial charge in [0.15, 0.2) is 11.0 Å². The molecule has 0 amide bonds. The number of nitriles is 1. The minimum absolute atomic E-state index is 0.0396. The summed E-state index contributed by atoms with van der Waals surface area (Å²) in [6.07, 6.45) is 0. The van der Waals surface area contributed by atoms with Crippen LogP contribution in [0.4, 0.5) is 5.82 Å². The highest BCUT2D eigenvalue weighted by Gasteiger charge is 2.13. The summed E-state index contributed by atoms with van der Waals surface area (Å²) in [5.74, 6) is 0.742. The van der Waals surface area contributed by atoms with Crippen LogP contribution >= 0.6 is 11.6 Å². The van der Waals surface area contributed by atoms with Crippen molar-refractivity contribution in [1.82, 2.24) is 10.2 Å². The van der Waals surface area contributed by atoms with Crippen LogP contribution in [0.1, 0.15) is 18.1 Å². The summed E-state index contributed by atoms with van der Waals surface area (Å²) in [6, 6.07) is 2.20. The molecule has 1 heterocycles. The van der Waals surface area contributed by atoms with E-state index >= 15 is 0 Å². The average Bonchev–Trinajstić information content (AvgIpc) is 2.25. The van der Waals surface area contributed by atoms with Crippen molar-refractivity contribution in [1.29, 1.82) is 5.26 Å². The molecule has 0 saturated carbocycles. The lowest BCUT2D eigenvalue weighted by molar-refractivity contribution is 0.703. The molecule has 0 bridgehead atoms. The second-order valence-electron chi connectivity index (χ2n) is 3.98. The van der Waals surface area contributed by atoms with E-state index in [-0.39, 0.29) is 5.92 Å². The Balaban J connectivity index is 2.97. The minimum atomic E-state index is -0.0396. The molecule has 16 heavy (non-hydrogen) atoms. The normalized spacial score (nSPS) is 12.0. The Hall–Kier alpha value is -1.34. The molecule has 4 nitrogen and oxygen atoms in total. The maximum absolute atomic E-state index is 8.76. The molecule has 0 fully saturated rings. The van der Waals surface area contributed by atoms with E-state index < -0.39 is 0 Å². The molecule has 0 aliphatic heterocycles. The Kier molecular flexibility index (Phi) is 4.08. The molecule has 0 spiro atoms.